The molecule has 0 spiro atoms. The maximum atomic E-state index is 5.61. The Bertz CT molecular complexity index is 538. The fourth-order valence-electron chi connectivity index (χ4n) is 1.65. The quantitative estimate of drug-likeness (QED) is 0.918. The molecule has 0 saturated heterocycles. The highest BCUT2D eigenvalue weighted by molar-refractivity contribution is 9.10. The summed E-state index contributed by atoms with van der Waals surface area (Å²) in [5.74, 6) is 1.26. The molecule has 1 aliphatic carbocycles. The van der Waals surface area contributed by atoms with Gasteiger partial charge in [0.1, 0.15) is 5.75 Å². The molecule has 98 valence electrons. The third-order valence-electron chi connectivity index (χ3n) is 2.87. The molecule has 1 saturated carbocycles. The van der Waals surface area contributed by atoms with E-state index in [1.165, 1.54) is 12.8 Å². The largest absolute Gasteiger partial charge is 0.438 e. The predicted molar refractivity (Wildman–Crippen MR) is 76.1 cm³/mol. The predicted octanol–water partition coefficient (Wildman–Crippen LogP) is 3.28. The minimum Gasteiger partial charge on any atom is -0.438 e. The molecule has 1 N–H and O–H groups in total. The monoisotopic (exact) mass is 319 g/mol. The summed E-state index contributed by atoms with van der Waals surface area (Å²) in [6.45, 7) is 0.774. The van der Waals surface area contributed by atoms with Gasteiger partial charge in [-0.15, -0.1) is 0 Å². The molecule has 0 amide bonds. The summed E-state index contributed by atoms with van der Waals surface area (Å²) in [5.41, 5.74) is 0.940. The Hall–Kier alpha value is -1.46. The maximum Gasteiger partial charge on any atom is 0.237 e. The molecule has 2 aromatic rings. The summed E-state index contributed by atoms with van der Waals surface area (Å²) in [6.07, 6.45) is 5.96. The van der Waals surface area contributed by atoms with Gasteiger partial charge in [0.15, 0.2) is 0 Å². The van der Waals surface area contributed by atoms with Crippen LogP contribution in [0.1, 0.15) is 18.5 Å². The first-order valence-electron chi connectivity index (χ1n) is 6.27. The van der Waals surface area contributed by atoms with Crippen molar-refractivity contribution in [2.24, 2.45) is 0 Å². The lowest BCUT2D eigenvalue weighted by Gasteiger charge is -2.05. The lowest BCUT2D eigenvalue weighted by atomic mass is 10.3. The van der Waals surface area contributed by atoms with Crippen LogP contribution in [0.4, 0.5) is 0 Å². The number of benzene rings is 1. The molecule has 1 aromatic carbocycles. The van der Waals surface area contributed by atoms with E-state index < -0.39 is 0 Å². The number of nitrogens with one attached hydrogen (secondary N) is 1. The number of rotatable bonds is 5. The first kappa shape index (κ1) is 12.6. The van der Waals surface area contributed by atoms with Crippen molar-refractivity contribution in [2.45, 2.75) is 25.4 Å². The SMILES string of the molecule is Brc1ccc(Oc2cnc(CNC3CC3)cn2)cc1. The Labute approximate surface area is 120 Å². The molecule has 3 rings (SSSR count). The van der Waals surface area contributed by atoms with Crippen LogP contribution in [0.15, 0.2) is 41.1 Å². The lowest BCUT2D eigenvalue weighted by molar-refractivity contribution is 0.458. The van der Waals surface area contributed by atoms with Crippen molar-refractivity contribution >= 4 is 15.9 Å². The zero-order valence-electron chi connectivity index (χ0n) is 10.3. The Kier molecular flexibility index (Phi) is 3.75. The number of halogens is 1. The first-order valence-corrected chi connectivity index (χ1v) is 7.06. The van der Waals surface area contributed by atoms with E-state index in [9.17, 15) is 0 Å². The summed E-state index contributed by atoms with van der Waals surface area (Å²) in [7, 11) is 0. The Morgan fingerprint density at radius 3 is 2.58 bits per heavy atom. The van der Waals surface area contributed by atoms with E-state index in [4.69, 9.17) is 4.74 Å². The highest BCUT2D eigenvalue weighted by Crippen LogP contribution is 2.21. The van der Waals surface area contributed by atoms with Gasteiger partial charge in [-0.25, -0.2) is 4.98 Å². The van der Waals surface area contributed by atoms with Crippen LogP contribution in [0.2, 0.25) is 0 Å². The molecule has 19 heavy (non-hydrogen) atoms. The van der Waals surface area contributed by atoms with Crippen LogP contribution >= 0.6 is 15.9 Å². The Balaban J connectivity index is 1.59. The Morgan fingerprint density at radius 1 is 1.16 bits per heavy atom. The molecule has 5 heteroatoms. The van der Waals surface area contributed by atoms with Gasteiger partial charge < -0.3 is 10.1 Å². The van der Waals surface area contributed by atoms with Crippen molar-refractivity contribution in [2.75, 3.05) is 0 Å². The van der Waals surface area contributed by atoms with Gasteiger partial charge in [-0.2, -0.15) is 0 Å². The summed E-state index contributed by atoms with van der Waals surface area (Å²) in [5, 5.41) is 3.40. The van der Waals surface area contributed by atoms with E-state index in [1.54, 1.807) is 12.4 Å². The number of aromatic nitrogens is 2. The number of ether oxygens (including phenoxy) is 1. The molecule has 4 nitrogen and oxygen atoms in total. The van der Waals surface area contributed by atoms with Crippen molar-refractivity contribution in [3.63, 3.8) is 0 Å². The fraction of sp³-hybridized carbons (Fsp3) is 0.286. The molecule has 0 aliphatic heterocycles. The highest BCUT2D eigenvalue weighted by Gasteiger charge is 2.20. The summed E-state index contributed by atoms with van der Waals surface area (Å²) in [6, 6.07) is 8.30. The second kappa shape index (κ2) is 5.67. The van der Waals surface area contributed by atoms with Gasteiger partial charge >= 0.3 is 0 Å². The van der Waals surface area contributed by atoms with Gasteiger partial charge in [0.25, 0.3) is 0 Å². The van der Waals surface area contributed by atoms with Crippen LogP contribution < -0.4 is 10.1 Å². The lowest BCUT2D eigenvalue weighted by Crippen LogP contribution is -2.16. The summed E-state index contributed by atoms with van der Waals surface area (Å²) < 4.78 is 6.63. The molecular formula is C14H14BrN3O. The zero-order valence-corrected chi connectivity index (χ0v) is 11.9. The molecule has 1 heterocycles. The maximum absolute atomic E-state index is 5.61. The van der Waals surface area contributed by atoms with E-state index in [0.29, 0.717) is 11.9 Å². The minimum atomic E-state index is 0.512. The van der Waals surface area contributed by atoms with E-state index in [0.717, 1.165) is 22.5 Å². The minimum absolute atomic E-state index is 0.512. The van der Waals surface area contributed by atoms with E-state index in [1.807, 2.05) is 24.3 Å². The van der Waals surface area contributed by atoms with Crippen LogP contribution in [0.25, 0.3) is 0 Å². The second-order valence-corrected chi connectivity index (χ2v) is 5.47. The van der Waals surface area contributed by atoms with Gasteiger partial charge in [-0.3, -0.25) is 4.98 Å². The van der Waals surface area contributed by atoms with Crippen molar-refractivity contribution in [1.82, 2.24) is 15.3 Å². The summed E-state index contributed by atoms with van der Waals surface area (Å²) >= 11 is 3.38. The Morgan fingerprint density at radius 2 is 1.95 bits per heavy atom. The molecule has 0 radical (unpaired) electrons. The van der Waals surface area contributed by atoms with Crippen LogP contribution in [0, 0.1) is 0 Å². The molecule has 1 fully saturated rings. The average Bonchev–Trinajstić information content (AvgIpc) is 3.25. The third-order valence-corrected chi connectivity index (χ3v) is 3.40. The molecule has 0 unspecified atom stereocenters. The van der Waals surface area contributed by atoms with Crippen molar-refractivity contribution in [1.29, 1.82) is 0 Å². The smallest absolute Gasteiger partial charge is 0.237 e. The van der Waals surface area contributed by atoms with Crippen molar-refractivity contribution in [3.8, 4) is 11.6 Å². The van der Waals surface area contributed by atoms with Crippen LogP contribution in [0.5, 0.6) is 11.6 Å². The topological polar surface area (TPSA) is 47.0 Å². The van der Waals surface area contributed by atoms with Crippen LogP contribution in [-0.2, 0) is 6.54 Å². The van der Waals surface area contributed by atoms with Gasteiger partial charge in [0.2, 0.25) is 5.88 Å². The normalized spacial score (nSPS) is 14.4. The van der Waals surface area contributed by atoms with E-state index >= 15 is 0 Å². The molecule has 0 bridgehead atoms. The summed E-state index contributed by atoms with van der Waals surface area (Å²) in [4.78, 5) is 8.59. The average molecular weight is 320 g/mol. The zero-order chi connectivity index (χ0) is 13.1. The highest BCUT2D eigenvalue weighted by atomic mass is 79.9. The standard InChI is InChI=1S/C14H14BrN3O/c15-10-1-5-13(6-2-10)19-14-9-17-12(8-18-14)7-16-11-3-4-11/h1-2,5-6,8-9,11,16H,3-4,7H2. The van der Waals surface area contributed by atoms with Gasteiger partial charge in [0.05, 0.1) is 18.1 Å². The molecule has 1 aliphatic rings. The van der Waals surface area contributed by atoms with E-state index in [2.05, 4.69) is 31.2 Å². The molecule has 1 aromatic heterocycles. The third kappa shape index (κ3) is 3.75. The first-order chi connectivity index (χ1) is 9.29. The molecular weight excluding hydrogens is 306 g/mol. The van der Waals surface area contributed by atoms with Crippen LogP contribution in [0.3, 0.4) is 0 Å². The fourth-order valence-corrected chi connectivity index (χ4v) is 1.91. The van der Waals surface area contributed by atoms with Crippen molar-refractivity contribution in [3.05, 3.63) is 46.8 Å². The van der Waals surface area contributed by atoms with Crippen LogP contribution in [-0.4, -0.2) is 16.0 Å². The van der Waals surface area contributed by atoms with Crippen molar-refractivity contribution < 1.29 is 4.74 Å². The second-order valence-electron chi connectivity index (χ2n) is 4.56. The number of nitrogens with zero attached hydrogens (tertiary/aromatic N) is 2. The van der Waals surface area contributed by atoms with Gasteiger partial charge in [0, 0.05) is 17.1 Å². The number of hydrogen-bond donors (Lipinski definition) is 1. The van der Waals surface area contributed by atoms with Gasteiger partial charge in [-0.05, 0) is 37.1 Å². The number of hydrogen-bond acceptors (Lipinski definition) is 4. The molecule has 0 atom stereocenters. The van der Waals surface area contributed by atoms with Gasteiger partial charge in [-0.1, -0.05) is 15.9 Å². The van der Waals surface area contributed by atoms with E-state index in [-0.39, 0.29) is 0 Å².